The van der Waals surface area contributed by atoms with Crippen molar-refractivity contribution in [3.63, 3.8) is 0 Å². The standard InChI is InChI=1S/C16H20N4O4S/c1-25(22,23)15-5-3-2-4-14(15)20-10-13(9-18-20)19-16(21)8-12-11-24-7-6-17-12/h2-5,9-10,12,17H,6-8,11H2,1H3,(H,19,21). The van der Waals surface area contributed by atoms with Crippen molar-refractivity contribution < 1.29 is 17.9 Å². The summed E-state index contributed by atoms with van der Waals surface area (Å²) in [7, 11) is -3.38. The highest BCUT2D eigenvalue weighted by Crippen LogP contribution is 2.20. The van der Waals surface area contributed by atoms with Crippen LogP contribution in [0.2, 0.25) is 0 Å². The van der Waals surface area contributed by atoms with Gasteiger partial charge < -0.3 is 15.4 Å². The number of benzene rings is 1. The highest BCUT2D eigenvalue weighted by atomic mass is 32.2. The second kappa shape index (κ2) is 7.34. The molecule has 0 saturated carbocycles. The molecule has 1 saturated heterocycles. The number of nitrogens with zero attached hydrogens (tertiary/aromatic N) is 2. The number of ether oxygens (including phenoxy) is 1. The predicted molar refractivity (Wildman–Crippen MR) is 92.5 cm³/mol. The lowest BCUT2D eigenvalue weighted by Crippen LogP contribution is -2.43. The van der Waals surface area contributed by atoms with Crippen molar-refractivity contribution >= 4 is 21.4 Å². The SMILES string of the molecule is CS(=O)(=O)c1ccccc1-n1cc(NC(=O)CC2COCCN2)cn1. The minimum atomic E-state index is -3.38. The third-order valence-corrected chi connectivity index (χ3v) is 4.95. The summed E-state index contributed by atoms with van der Waals surface area (Å²) in [5.41, 5.74) is 0.942. The molecule has 2 N–H and O–H groups in total. The van der Waals surface area contributed by atoms with Crippen LogP contribution in [0.3, 0.4) is 0 Å². The lowest BCUT2D eigenvalue weighted by Gasteiger charge is -2.23. The Morgan fingerprint density at radius 3 is 2.96 bits per heavy atom. The minimum absolute atomic E-state index is 0.00486. The number of rotatable bonds is 5. The van der Waals surface area contributed by atoms with Crippen LogP contribution in [0.15, 0.2) is 41.6 Å². The number of hydrogen-bond acceptors (Lipinski definition) is 6. The van der Waals surface area contributed by atoms with E-state index in [-0.39, 0.29) is 16.8 Å². The Balaban J connectivity index is 1.72. The van der Waals surface area contributed by atoms with Gasteiger partial charge in [0.05, 0.1) is 41.9 Å². The molecule has 0 spiro atoms. The van der Waals surface area contributed by atoms with E-state index in [0.717, 1.165) is 12.8 Å². The van der Waals surface area contributed by atoms with Gasteiger partial charge in [0.1, 0.15) is 0 Å². The molecule has 1 aromatic heterocycles. The molecule has 2 heterocycles. The quantitative estimate of drug-likeness (QED) is 0.805. The van der Waals surface area contributed by atoms with E-state index >= 15 is 0 Å². The molecule has 1 atom stereocenters. The van der Waals surface area contributed by atoms with Crippen LogP contribution in [0.5, 0.6) is 0 Å². The summed E-state index contributed by atoms with van der Waals surface area (Å²) < 4.78 is 30.6. The van der Waals surface area contributed by atoms with Gasteiger partial charge >= 0.3 is 0 Å². The first-order valence-corrected chi connectivity index (χ1v) is 9.78. The fraction of sp³-hybridized carbons (Fsp3) is 0.375. The zero-order valence-corrected chi connectivity index (χ0v) is 14.6. The molecule has 3 rings (SSSR count). The number of para-hydroxylation sites is 1. The molecule has 1 aliphatic heterocycles. The van der Waals surface area contributed by atoms with Crippen molar-refractivity contribution in [2.45, 2.75) is 17.4 Å². The second-order valence-electron chi connectivity index (χ2n) is 5.89. The van der Waals surface area contributed by atoms with E-state index in [2.05, 4.69) is 15.7 Å². The summed E-state index contributed by atoms with van der Waals surface area (Å²) in [6, 6.07) is 6.58. The Labute approximate surface area is 146 Å². The van der Waals surface area contributed by atoms with E-state index in [9.17, 15) is 13.2 Å². The molecule has 0 radical (unpaired) electrons. The average Bonchev–Trinajstić information content (AvgIpc) is 3.03. The number of morpholine rings is 1. The summed E-state index contributed by atoms with van der Waals surface area (Å²) in [5.74, 6) is -0.154. The van der Waals surface area contributed by atoms with Gasteiger partial charge in [-0.15, -0.1) is 0 Å². The number of carbonyl (C=O) groups is 1. The van der Waals surface area contributed by atoms with E-state index in [0.29, 0.717) is 31.0 Å². The summed E-state index contributed by atoms with van der Waals surface area (Å²) in [6.07, 6.45) is 4.52. The zero-order chi connectivity index (χ0) is 17.9. The fourth-order valence-electron chi connectivity index (χ4n) is 2.67. The number of amides is 1. The molecule has 1 aliphatic rings. The van der Waals surface area contributed by atoms with Gasteiger partial charge in [0.15, 0.2) is 9.84 Å². The van der Waals surface area contributed by atoms with Crippen molar-refractivity contribution in [3.8, 4) is 5.69 Å². The van der Waals surface area contributed by atoms with Crippen LogP contribution in [0, 0.1) is 0 Å². The van der Waals surface area contributed by atoms with Crippen LogP contribution in [0.1, 0.15) is 6.42 Å². The first-order valence-electron chi connectivity index (χ1n) is 7.88. The van der Waals surface area contributed by atoms with E-state index in [1.165, 1.54) is 16.9 Å². The predicted octanol–water partition coefficient (Wildman–Crippen LogP) is 0.593. The molecular weight excluding hydrogens is 344 g/mol. The molecule has 1 aromatic carbocycles. The maximum absolute atomic E-state index is 12.1. The van der Waals surface area contributed by atoms with Gasteiger partial charge in [-0.25, -0.2) is 13.1 Å². The first-order chi connectivity index (χ1) is 11.9. The highest BCUT2D eigenvalue weighted by Gasteiger charge is 2.18. The van der Waals surface area contributed by atoms with Gasteiger partial charge in [0.2, 0.25) is 5.91 Å². The Bertz CT molecular complexity index is 857. The van der Waals surface area contributed by atoms with E-state index in [1.54, 1.807) is 24.4 Å². The molecule has 1 fully saturated rings. The minimum Gasteiger partial charge on any atom is -0.378 e. The van der Waals surface area contributed by atoms with Crippen molar-refractivity contribution in [1.29, 1.82) is 0 Å². The lowest BCUT2D eigenvalue weighted by atomic mass is 10.2. The number of aromatic nitrogens is 2. The van der Waals surface area contributed by atoms with Gasteiger partial charge in [-0.2, -0.15) is 5.10 Å². The number of sulfone groups is 1. The van der Waals surface area contributed by atoms with Crippen molar-refractivity contribution in [2.24, 2.45) is 0 Å². The zero-order valence-electron chi connectivity index (χ0n) is 13.8. The van der Waals surface area contributed by atoms with E-state index in [4.69, 9.17) is 4.74 Å². The molecule has 9 heteroatoms. The Morgan fingerprint density at radius 2 is 2.24 bits per heavy atom. The number of nitrogens with one attached hydrogen (secondary N) is 2. The summed E-state index contributed by atoms with van der Waals surface area (Å²) in [4.78, 5) is 12.3. The Morgan fingerprint density at radius 1 is 1.44 bits per heavy atom. The molecule has 1 unspecified atom stereocenters. The summed E-state index contributed by atoms with van der Waals surface area (Å²) >= 11 is 0. The summed E-state index contributed by atoms with van der Waals surface area (Å²) in [5, 5.41) is 10.1. The van der Waals surface area contributed by atoms with E-state index in [1.807, 2.05) is 0 Å². The highest BCUT2D eigenvalue weighted by molar-refractivity contribution is 7.90. The molecule has 1 amide bonds. The normalized spacial score (nSPS) is 18.0. The van der Waals surface area contributed by atoms with Crippen LogP contribution >= 0.6 is 0 Å². The van der Waals surface area contributed by atoms with E-state index < -0.39 is 9.84 Å². The molecule has 134 valence electrons. The smallest absolute Gasteiger partial charge is 0.226 e. The van der Waals surface area contributed by atoms with Crippen LogP contribution in [-0.2, 0) is 19.4 Å². The second-order valence-corrected chi connectivity index (χ2v) is 7.88. The molecule has 8 nitrogen and oxygen atoms in total. The Kier molecular flexibility index (Phi) is 5.16. The molecule has 0 bridgehead atoms. The van der Waals surface area contributed by atoms with Gasteiger partial charge in [0.25, 0.3) is 0 Å². The van der Waals surface area contributed by atoms with Gasteiger partial charge in [-0.05, 0) is 12.1 Å². The number of carbonyl (C=O) groups excluding carboxylic acids is 1. The van der Waals surface area contributed by atoms with Gasteiger partial charge in [0, 0.05) is 25.3 Å². The molecule has 25 heavy (non-hydrogen) atoms. The summed E-state index contributed by atoms with van der Waals surface area (Å²) in [6.45, 7) is 1.90. The molecular formula is C16H20N4O4S. The maximum atomic E-state index is 12.1. The first kappa shape index (κ1) is 17.6. The topological polar surface area (TPSA) is 102 Å². The monoisotopic (exact) mass is 364 g/mol. The van der Waals surface area contributed by atoms with Crippen LogP contribution < -0.4 is 10.6 Å². The fourth-order valence-corrected chi connectivity index (χ4v) is 3.53. The van der Waals surface area contributed by atoms with Crippen molar-refractivity contribution in [3.05, 3.63) is 36.7 Å². The van der Waals surface area contributed by atoms with Crippen molar-refractivity contribution in [2.75, 3.05) is 31.3 Å². The Hall–Kier alpha value is -2.23. The number of hydrogen-bond donors (Lipinski definition) is 2. The third-order valence-electron chi connectivity index (χ3n) is 3.81. The lowest BCUT2D eigenvalue weighted by molar-refractivity contribution is -0.117. The van der Waals surface area contributed by atoms with Crippen molar-refractivity contribution in [1.82, 2.24) is 15.1 Å². The van der Waals surface area contributed by atoms with Crippen LogP contribution in [0.4, 0.5) is 5.69 Å². The van der Waals surface area contributed by atoms with Crippen LogP contribution in [0.25, 0.3) is 5.69 Å². The third kappa shape index (κ3) is 4.44. The number of anilines is 1. The molecule has 0 aliphatic carbocycles. The van der Waals surface area contributed by atoms with Crippen LogP contribution in [-0.4, -0.2) is 56.2 Å². The average molecular weight is 364 g/mol. The largest absolute Gasteiger partial charge is 0.378 e. The van der Waals surface area contributed by atoms with Gasteiger partial charge in [-0.3, -0.25) is 4.79 Å². The maximum Gasteiger partial charge on any atom is 0.226 e. The van der Waals surface area contributed by atoms with Gasteiger partial charge in [-0.1, -0.05) is 12.1 Å². The molecule has 2 aromatic rings.